The van der Waals surface area contributed by atoms with Crippen LogP contribution in [0.5, 0.6) is 0 Å². The zero-order valence-corrected chi connectivity index (χ0v) is 17.1. The molecule has 0 saturated heterocycles. The maximum atomic E-state index is 12.2. The largest absolute Gasteiger partial charge is 0.444 e. The first-order valence-corrected chi connectivity index (χ1v) is 9.83. The zero-order chi connectivity index (χ0) is 20.4. The molecule has 4 heteroatoms. The lowest BCUT2D eigenvalue weighted by molar-refractivity contribution is 0.0503. The Morgan fingerprint density at radius 3 is 2.07 bits per heavy atom. The number of nitrogens with zero attached hydrogens (tertiary/aromatic N) is 1. The molecule has 3 rings (SSSR count). The molecule has 1 amide bonds. The normalized spacial score (nSPS) is 16.0. The van der Waals surface area contributed by atoms with Crippen molar-refractivity contribution in [1.82, 2.24) is 5.32 Å². The number of nitriles is 1. The van der Waals surface area contributed by atoms with Gasteiger partial charge in [0.15, 0.2) is 0 Å². The quantitative estimate of drug-likeness (QED) is 0.829. The number of alkyl carbamates (subject to hydrolysis) is 1. The molecule has 1 aliphatic rings. The molecule has 0 heterocycles. The van der Waals surface area contributed by atoms with Crippen molar-refractivity contribution >= 4 is 6.09 Å². The Bertz CT molecular complexity index is 858. The topological polar surface area (TPSA) is 62.1 Å². The van der Waals surface area contributed by atoms with Crippen LogP contribution in [-0.2, 0) is 23.0 Å². The second-order valence-electron chi connectivity index (χ2n) is 8.58. The van der Waals surface area contributed by atoms with E-state index in [1.165, 1.54) is 11.1 Å². The van der Waals surface area contributed by atoms with Crippen LogP contribution in [0.3, 0.4) is 0 Å². The number of nitrogens with one attached hydrogen (secondary N) is 1. The Morgan fingerprint density at radius 1 is 1.11 bits per heavy atom. The molecule has 0 fully saturated rings. The average molecular weight is 377 g/mol. The molecule has 0 bridgehead atoms. The summed E-state index contributed by atoms with van der Waals surface area (Å²) >= 11 is 0. The molecule has 1 aliphatic carbocycles. The molecule has 4 nitrogen and oxygen atoms in total. The van der Waals surface area contributed by atoms with Crippen molar-refractivity contribution in [3.8, 4) is 6.07 Å². The standard InChI is InChI=1S/C24H28N2O2/c1-17(26-22(27)28-23(2,3)4)15-24(16-25)20-11-7-5-9-18(20)13-14-19-10-6-8-12-21(19)24/h5-12,17H,13-15H2,1-4H3,(H,26,27)/t17-/m1/s1. The minimum atomic E-state index is -0.807. The van der Waals surface area contributed by atoms with Gasteiger partial charge in [0.1, 0.15) is 11.0 Å². The Morgan fingerprint density at radius 2 is 1.61 bits per heavy atom. The van der Waals surface area contributed by atoms with E-state index in [1.54, 1.807) is 0 Å². The molecule has 0 aromatic heterocycles. The first-order valence-electron chi connectivity index (χ1n) is 9.83. The van der Waals surface area contributed by atoms with E-state index in [9.17, 15) is 10.1 Å². The van der Waals surface area contributed by atoms with Gasteiger partial charge in [0.05, 0.1) is 6.07 Å². The SMILES string of the molecule is C[C@H](CC1(C#N)c2ccccc2CCc2ccccc21)NC(=O)OC(C)(C)C. The molecule has 0 unspecified atom stereocenters. The summed E-state index contributed by atoms with van der Waals surface area (Å²) in [5, 5.41) is 13.3. The van der Waals surface area contributed by atoms with Gasteiger partial charge in [-0.1, -0.05) is 48.5 Å². The number of carbonyl (C=O) groups excluding carboxylic acids is 1. The van der Waals surface area contributed by atoms with Crippen molar-refractivity contribution in [2.45, 2.75) is 64.0 Å². The number of hydrogen-bond acceptors (Lipinski definition) is 3. The molecule has 0 spiro atoms. The molecule has 1 N–H and O–H groups in total. The fourth-order valence-corrected chi connectivity index (χ4v) is 4.13. The second-order valence-corrected chi connectivity index (χ2v) is 8.58. The van der Waals surface area contributed by atoms with Crippen molar-refractivity contribution in [2.24, 2.45) is 0 Å². The molecule has 28 heavy (non-hydrogen) atoms. The van der Waals surface area contributed by atoms with E-state index in [-0.39, 0.29) is 6.04 Å². The predicted molar refractivity (Wildman–Crippen MR) is 110 cm³/mol. The lowest BCUT2D eigenvalue weighted by Crippen LogP contribution is -2.42. The fraction of sp³-hybridized carbons (Fsp3) is 0.417. The van der Waals surface area contributed by atoms with E-state index in [2.05, 4.69) is 35.7 Å². The zero-order valence-electron chi connectivity index (χ0n) is 17.1. The molecular weight excluding hydrogens is 348 g/mol. The van der Waals surface area contributed by atoms with Crippen LogP contribution < -0.4 is 5.32 Å². The number of hydrogen-bond donors (Lipinski definition) is 1. The first kappa shape index (κ1) is 19.9. The molecule has 1 atom stereocenters. The highest BCUT2D eigenvalue weighted by Gasteiger charge is 2.41. The summed E-state index contributed by atoms with van der Waals surface area (Å²) in [5.41, 5.74) is 3.12. The van der Waals surface area contributed by atoms with E-state index in [4.69, 9.17) is 4.74 Å². The van der Waals surface area contributed by atoms with Gasteiger partial charge >= 0.3 is 6.09 Å². The Labute approximate surface area is 167 Å². The number of benzene rings is 2. The monoisotopic (exact) mass is 376 g/mol. The predicted octanol–water partition coefficient (Wildman–Crippen LogP) is 4.90. The van der Waals surface area contributed by atoms with Crippen LogP contribution in [0, 0.1) is 11.3 Å². The maximum absolute atomic E-state index is 12.2. The van der Waals surface area contributed by atoms with Gasteiger partial charge in [-0.05, 0) is 69.2 Å². The number of aryl methyl sites for hydroxylation is 2. The van der Waals surface area contributed by atoms with E-state index in [1.807, 2.05) is 52.0 Å². The van der Waals surface area contributed by atoms with Crippen molar-refractivity contribution in [1.29, 1.82) is 5.26 Å². The highest BCUT2D eigenvalue weighted by atomic mass is 16.6. The highest BCUT2D eigenvalue weighted by Crippen LogP contribution is 2.42. The van der Waals surface area contributed by atoms with E-state index in [0.29, 0.717) is 6.42 Å². The van der Waals surface area contributed by atoms with Crippen LogP contribution >= 0.6 is 0 Å². The van der Waals surface area contributed by atoms with Gasteiger partial charge < -0.3 is 10.1 Å². The molecule has 0 radical (unpaired) electrons. The molecule has 2 aromatic carbocycles. The lowest BCUT2D eigenvalue weighted by atomic mass is 9.70. The molecule has 2 aromatic rings. The van der Waals surface area contributed by atoms with Crippen LogP contribution in [0.2, 0.25) is 0 Å². The van der Waals surface area contributed by atoms with Crippen LogP contribution in [-0.4, -0.2) is 17.7 Å². The van der Waals surface area contributed by atoms with Crippen molar-refractivity contribution in [3.63, 3.8) is 0 Å². The lowest BCUT2D eigenvalue weighted by Gasteiger charge is -2.32. The number of amides is 1. The summed E-state index contributed by atoms with van der Waals surface area (Å²) in [7, 11) is 0. The minimum absolute atomic E-state index is 0.228. The Balaban J connectivity index is 1.99. The summed E-state index contributed by atoms with van der Waals surface area (Å²) in [4.78, 5) is 12.2. The molecule has 0 aliphatic heterocycles. The van der Waals surface area contributed by atoms with Crippen molar-refractivity contribution in [3.05, 3.63) is 70.8 Å². The van der Waals surface area contributed by atoms with Crippen LogP contribution in [0.1, 0.15) is 56.4 Å². The minimum Gasteiger partial charge on any atom is -0.444 e. The van der Waals surface area contributed by atoms with E-state index < -0.39 is 17.1 Å². The maximum Gasteiger partial charge on any atom is 0.407 e. The number of ether oxygens (including phenoxy) is 1. The third-order valence-corrected chi connectivity index (χ3v) is 5.18. The molecular formula is C24H28N2O2. The second kappa shape index (κ2) is 7.67. The third-order valence-electron chi connectivity index (χ3n) is 5.18. The Kier molecular flexibility index (Phi) is 5.47. The summed E-state index contributed by atoms with van der Waals surface area (Å²) in [5.74, 6) is 0. The van der Waals surface area contributed by atoms with Crippen LogP contribution in [0.25, 0.3) is 0 Å². The molecule has 0 saturated carbocycles. The van der Waals surface area contributed by atoms with Crippen molar-refractivity contribution in [2.75, 3.05) is 0 Å². The summed E-state index contributed by atoms with van der Waals surface area (Å²) in [6.45, 7) is 7.45. The average Bonchev–Trinajstić information content (AvgIpc) is 2.76. The van der Waals surface area contributed by atoms with Crippen LogP contribution in [0.4, 0.5) is 4.79 Å². The van der Waals surface area contributed by atoms with Gasteiger partial charge in [-0.3, -0.25) is 0 Å². The number of carbonyl (C=O) groups is 1. The van der Waals surface area contributed by atoms with Gasteiger partial charge in [0.2, 0.25) is 0 Å². The highest BCUT2D eigenvalue weighted by molar-refractivity contribution is 5.68. The summed E-state index contributed by atoms with van der Waals surface area (Å²) in [6.07, 6.45) is 1.84. The Hall–Kier alpha value is -2.80. The number of fused-ring (bicyclic) bond motifs is 2. The van der Waals surface area contributed by atoms with Crippen molar-refractivity contribution < 1.29 is 9.53 Å². The summed E-state index contributed by atoms with van der Waals surface area (Å²) in [6, 6.07) is 18.8. The van der Waals surface area contributed by atoms with E-state index >= 15 is 0 Å². The van der Waals surface area contributed by atoms with Gasteiger partial charge in [-0.25, -0.2) is 4.79 Å². The fourth-order valence-electron chi connectivity index (χ4n) is 4.13. The van der Waals surface area contributed by atoms with Crippen LogP contribution in [0.15, 0.2) is 48.5 Å². The number of rotatable bonds is 3. The first-order chi connectivity index (χ1) is 13.2. The smallest absolute Gasteiger partial charge is 0.407 e. The summed E-state index contributed by atoms with van der Waals surface area (Å²) < 4.78 is 5.39. The third kappa shape index (κ3) is 4.04. The van der Waals surface area contributed by atoms with Gasteiger partial charge in [0, 0.05) is 6.04 Å². The van der Waals surface area contributed by atoms with Gasteiger partial charge in [-0.2, -0.15) is 5.26 Å². The van der Waals surface area contributed by atoms with Gasteiger partial charge in [0.25, 0.3) is 0 Å². The molecule has 146 valence electrons. The van der Waals surface area contributed by atoms with E-state index in [0.717, 1.165) is 24.0 Å². The van der Waals surface area contributed by atoms with Gasteiger partial charge in [-0.15, -0.1) is 0 Å².